The van der Waals surface area contributed by atoms with Crippen LogP contribution in [0.5, 0.6) is 0 Å². The molecule has 0 bridgehead atoms. The molecule has 1 heterocycles. The molecule has 1 aliphatic carbocycles. The van der Waals surface area contributed by atoms with Gasteiger partial charge < -0.3 is 5.32 Å². The van der Waals surface area contributed by atoms with Crippen molar-refractivity contribution >= 4 is 11.3 Å². The van der Waals surface area contributed by atoms with E-state index in [0.717, 1.165) is 6.54 Å². The Morgan fingerprint density at radius 1 is 1.50 bits per heavy atom. The zero-order chi connectivity index (χ0) is 9.80. The standard InChI is InChI=1S/C12H17NS/c1-10-7-8-14-12(10)9-13-11-5-3-2-4-6-11/h2-3,7-8,11,13H,4-6,9H2,1H3. The van der Waals surface area contributed by atoms with Crippen molar-refractivity contribution in [2.75, 3.05) is 0 Å². The maximum atomic E-state index is 3.62. The smallest absolute Gasteiger partial charge is 0.0305 e. The lowest BCUT2D eigenvalue weighted by Crippen LogP contribution is -2.28. The van der Waals surface area contributed by atoms with Crippen LogP contribution in [0, 0.1) is 6.92 Å². The molecule has 14 heavy (non-hydrogen) atoms. The van der Waals surface area contributed by atoms with Crippen molar-refractivity contribution in [3.05, 3.63) is 34.0 Å². The van der Waals surface area contributed by atoms with Crippen molar-refractivity contribution in [3.8, 4) is 0 Å². The van der Waals surface area contributed by atoms with Crippen LogP contribution in [0.4, 0.5) is 0 Å². The Balaban J connectivity index is 1.82. The van der Waals surface area contributed by atoms with E-state index < -0.39 is 0 Å². The van der Waals surface area contributed by atoms with Crippen molar-refractivity contribution in [1.82, 2.24) is 5.32 Å². The maximum Gasteiger partial charge on any atom is 0.0305 e. The molecule has 0 aromatic carbocycles. The zero-order valence-corrected chi connectivity index (χ0v) is 9.44. The van der Waals surface area contributed by atoms with E-state index in [-0.39, 0.29) is 0 Å². The average molecular weight is 207 g/mol. The fraction of sp³-hybridized carbons (Fsp3) is 0.500. The Bertz CT molecular complexity index is 314. The summed E-state index contributed by atoms with van der Waals surface area (Å²) >= 11 is 1.86. The van der Waals surface area contributed by atoms with E-state index in [0.29, 0.717) is 6.04 Å². The van der Waals surface area contributed by atoms with E-state index in [1.54, 1.807) is 0 Å². The molecule has 1 atom stereocenters. The van der Waals surface area contributed by atoms with Crippen LogP contribution in [0.3, 0.4) is 0 Å². The normalized spacial score (nSPS) is 21.4. The topological polar surface area (TPSA) is 12.0 Å². The predicted octanol–water partition coefficient (Wildman–Crippen LogP) is 3.25. The molecule has 0 fully saturated rings. The second kappa shape index (κ2) is 4.76. The number of nitrogens with one attached hydrogen (secondary N) is 1. The van der Waals surface area contributed by atoms with Gasteiger partial charge in [-0.3, -0.25) is 0 Å². The summed E-state index contributed by atoms with van der Waals surface area (Å²) in [6.45, 7) is 3.23. The molecule has 0 saturated heterocycles. The van der Waals surface area contributed by atoms with Gasteiger partial charge in [0.2, 0.25) is 0 Å². The molecule has 76 valence electrons. The number of aryl methyl sites for hydroxylation is 1. The number of allylic oxidation sites excluding steroid dienone is 1. The molecule has 1 nitrogen and oxygen atoms in total. The van der Waals surface area contributed by atoms with Gasteiger partial charge in [-0.05, 0) is 43.2 Å². The minimum atomic E-state index is 0.696. The van der Waals surface area contributed by atoms with Crippen LogP contribution in [0.2, 0.25) is 0 Å². The third kappa shape index (κ3) is 2.46. The Labute approximate surface area is 89.8 Å². The third-order valence-corrected chi connectivity index (χ3v) is 3.81. The van der Waals surface area contributed by atoms with E-state index in [9.17, 15) is 0 Å². The second-order valence-electron chi connectivity index (χ2n) is 3.89. The van der Waals surface area contributed by atoms with Gasteiger partial charge in [-0.25, -0.2) is 0 Å². The van der Waals surface area contributed by atoms with E-state index >= 15 is 0 Å². The summed E-state index contributed by atoms with van der Waals surface area (Å²) in [5, 5.41) is 5.80. The highest BCUT2D eigenvalue weighted by molar-refractivity contribution is 7.10. The molecule has 1 aromatic rings. The summed E-state index contributed by atoms with van der Waals surface area (Å²) in [5.74, 6) is 0. The van der Waals surface area contributed by atoms with E-state index in [4.69, 9.17) is 0 Å². The van der Waals surface area contributed by atoms with E-state index in [1.165, 1.54) is 29.7 Å². The van der Waals surface area contributed by atoms with Crippen molar-refractivity contribution in [3.63, 3.8) is 0 Å². The Kier molecular flexibility index (Phi) is 3.38. The predicted molar refractivity (Wildman–Crippen MR) is 62.7 cm³/mol. The van der Waals surface area contributed by atoms with Gasteiger partial charge in [-0.2, -0.15) is 0 Å². The fourth-order valence-corrected chi connectivity index (χ4v) is 2.66. The molecule has 2 heteroatoms. The summed E-state index contributed by atoms with van der Waals surface area (Å²) in [6.07, 6.45) is 8.31. The van der Waals surface area contributed by atoms with Crippen LogP contribution in [0.25, 0.3) is 0 Å². The number of thiophene rings is 1. The lowest BCUT2D eigenvalue weighted by Gasteiger charge is -2.19. The van der Waals surface area contributed by atoms with Crippen molar-refractivity contribution < 1.29 is 0 Å². The molecule has 0 radical (unpaired) electrons. The largest absolute Gasteiger partial charge is 0.309 e. The average Bonchev–Trinajstić information content (AvgIpc) is 2.63. The SMILES string of the molecule is Cc1ccsc1CNC1CC=CCC1. The first-order valence-electron chi connectivity index (χ1n) is 5.27. The Morgan fingerprint density at radius 2 is 2.43 bits per heavy atom. The third-order valence-electron chi connectivity index (χ3n) is 2.79. The Hall–Kier alpha value is -0.600. The summed E-state index contributed by atoms with van der Waals surface area (Å²) in [7, 11) is 0. The van der Waals surface area contributed by atoms with Gasteiger partial charge in [0.1, 0.15) is 0 Å². The lowest BCUT2D eigenvalue weighted by atomic mass is 10.0. The highest BCUT2D eigenvalue weighted by Crippen LogP contribution is 2.17. The summed E-state index contributed by atoms with van der Waals surface area (Å²) in [4.78, 5) is 1.49. The molecule has 1 aliphatic rings. The molecule has 0 amide bonds. The van der Waals surface area contributed by atoms with Crippen LogP contribution in [0.1, 0.15) is 29.7 Å². The highest BCUT2D eigenvalue weighted by Gasteiger charge is 2.09. The maximum absolute atomic E-state index is 3.62. The van der Waals surface area contributed by atoms with Crippen LogP contribution in [0.15, 0.2) is 23.6 Å². The lowest BCUT2D eigenvalue weighted by molar-refractivity contribution is 0.476. The summed E-state index contributed by atoms with van der Waals surface area (Å²) < 4.78 is 0. The van der Waals surface area contributed by atoms with Crippen LogP contribution >= 0.6 is 11.3 Å². The number of hydrogen-bond donors (Lipinski definition) is 1. The van der Waals surface area contributed by atoms with Crippen molar-refractivity contribution in [1.29, 1.82) is 0 Å². The molecule has 0 aliphatic heterocycles. The van der Waals surface area contributed by atoms with Crippen molar-refractivity contribution in [2.24, 2.45) is 0 Å². The minimum Gasteiger partial charge on any atom is -0.309 e. The van der Waals surface area contributed by atoms with Gasteiger partial charge in [-0.15, -0.1) is 11.3 Å². The molecule has 1 N–H and O–H groups in total. The molecule has 1 aromatic heterocycles. The molecular formula is C12H17NS. The van der Waals surface area contributed by atoms with Gasteiger partial charge in [0, 0.05) is 17.5 Å². The number of rotatable bonds is 3. The fourth-order valence-electron chi connectivity index (χ4n) is 1.80. The van der Waals surface area contributed by atoms with Crippen molar-refractivity contribution in [2.45, 2.75) is 38.8 Å². The molecule has 2 rings (SSSR count). The highest BCUT2D eigenvalue weighted by atomic mass is 32.1. The summed E-state index contributed by atoms with van der Waals surface area (Å²) in [6, 6.07) is 2.89. The number of hydrogen-bond acceptors (Lipinski definition) is 2. The molecule has 0 saturated carbocycles. The van der Waals surface area contributed by atoms with Crippen LogP contribution < -0.4 is 5.32 Å². The van der Waals surface area contributed by atoms with E-state index in [1.807, 2.05) is 11.3 Å². The van der Waals surface area contributed by atoms with E-state index in [2.05, 4.69) is 35.8 Å². The minimum absolute atomic E-state index is 0.696. The van der Waals surface area contributed by atoms with Gasteiger partial charge in [0.25, 0.3) is 0 Å². The van der Waals surface area contributed by atoms with Gasteiger partial charge >= 0.3 is 0 Å². The summed E-state index contributed by atoms with van der Waals surface area (Å²) in [5.41, 5.74) is 1.42. The zero-order valence-electron chi connectivity index (χ0n) is 8.62. The van der Waals surface area contributed by atoms with Crippen LogP contribution in [-0.2, 0) is 6.54 Å². The van der Waals surface area contributed by atoms with Gasteiger partial charge in [-0.1, -0.05) is 12.2 Å². The Morgan fingerprint density at radius 3 is 3.07 bits per heavy atom. The van der Waals surface area contributed by atoms with Gasteiger partial charge in [0.15, 0.2) is 0 Å². The first kappa shape index (κ1) is 9.94. The second-order valence-corrected chi connectivity index (χ2v) is 4.89. The monoisotopic (exact) mass is 207 g/mol. The molecule has 1 unspecified atom stereocenters. The quantitative estimate of drug-likeness (QED) is 0.750. The molecule has 0 spiro atoms. The first-order chi connectivity index (χ1) is 6.86. The molecular weight excluding hydrogens is 190 g/mol. The van der Waals surface area contributed by atoms with Gasteiger partial charge in [0.05, 0.1) is 0 Å². The first-order valence-corrected chi connectivity index (χ1v) is 6.15. The van der Waals surface area contributed by atoms with Crippen LogP contribution in [-0.4, -0.2) is 6.04 Å².